The van der Waals surface area contributed by atoms with E-state index in [0.717, 1.165) is 16.9 Å². The summed E-state index contributed by atoms with van der Waals surface area (Å²) in [6, 6.07) is 9.62. The van der Waals surface area contributed by atoms with Crippen LogP contribution in [-0.4, -0.2) is 17.5 Å². The highest BCUT2D eigenvalue weighted by Gasteiger charge is 2.04. The Morgan fingerprint density at radius 1 is 1.30 bits per heavy atom. The van der Waals surface area contributed by atoms with Gasteiger partial charge in [0, 0.05) is 6.20 Å². The quantitative estimate of drug-likeness (QED) is 0.908. The van der Waals surface area contributed by atoms with Crippen molar-refractivity contribution in [3.63, 3.8) is 0 Å². The second kappa shape index (κ2) is 6.70. The number of nitrogens with one attached hydrogen (secondary N) is 1. The van der Waals surface area contributed by atoms with Crippen molar-refractivity contribution in [2.45, 2.75) is 20.3 Å². The van der Waals surface area contributed by atoms with Crippen molar-refractivity contribution < 1.29 is 9.53 Å². The molecule has 0 atom stereocenters. The van der Waals surface area contributed by atoms with Crippen molar-refractivity contribution >= 4 is 11.6 Å². The fraction of sp³-hybridized carbons (Fsp3) is 0.250. The number of pyridine rings is 1. The molecule has 0 aliphatic rings. The van der Waals surface area contributed by atoms with Crippen molar-refractivity contribution in [2.75, 3.05) is 11.9 Å². The molecular weight excluding hydrogens is 252 g/mol. The van der Waals surface area contributed by atoms with Crippen LogP contribution in [-0.2, 0) is 4.79 Å². The first kappa shape index (κ1) is 14.1. The molecule has 1 heterocycles. The number of anilines is 1. The zero-order valence-corrected chi connectivity index (χ0v) is 11.7. The van der Waals surface area contributed by atoms with Gasteiger partial charge in [-0.05, 0) is 43.2 Å². The summed E-state index contributed by atoms with van der Waals surface area (Å²) in [5.74, 6) is 0.752. The molecule has 104 valence electrons. The first-order valence-corrected chi connectivity index (χ1v) is 6.55. The fourth-order valence-corrected chi connectivity index (χ4v) is 1.78. The third-order valence-electron chi connectivity index (χ3n) is 2.88. The molecule has 1 aromatic heterocycles. The van der Waals surface area contributed by atoms with E-state index in [1.165, 1.54) is 0 Å². The first-order chi connectivity index (χ1) is 9.65. The Balaban J connectivity index is 1.81. The molecule has 1 N–H and O–H groups in total. The number of benzene rings is 1. The van der Waals surface area contributed by atoms with Crippen LogP contribution in [0.4, 0.5) is 5.69 Å². The van der Waals surface area contributed by atoms with Crippen molar-refractivity contribution in [2.24, 2.45) is 0 Å². The van der Waals surface area contributed by atoms with Gasteiger partial charge in [0.05, 0.1) is 24.9 Å². The fourth-order valence-electron chi connectivity index (χ4n) is 1.78. The topological polar surface area (TPSA) is 51.2 Å². The maximum absolute atomic E-state index is 11.7. The first-order valence-electron chi connectivity index (χ1n) is 6.55. The summed E-state index contributed by atoms with van der Waals surface area (Å²) < 4.78 is 5.65. The van der Waals surface area contributed by atoms with Gasteiger partial charge in [-0.1, -0.05) is 12.1 Å². The summed E-state index contributed by atoms with van der Waals surface area (Å²) in [5.41, 5.74) is 2.91. The monoisotopic (exact) mass is 270 g/mol. The number of aromatic nitrogens is 1. The van der Waals surface area contributed by atoms with Crippen LogP contribution in [0.5, 0.6) is 5.75 Å². The van der Waals surface area contributed by atoms with E-state index in [0.29, 0.717) is 18.7 Å². The largest absolute Gasteiger partial charge is 0.493 e. The number of nitrogens with zero attached hydrogens (tertiary/aromatic N) is 1. The average molecular weight is 270 g/mol. The lowest BCUT2D eigenvalue weighted by atomic mass is 10.1. The highest BCUT2D eigenvalue weighted by Crippen LogP contribution is 2.19. The molecule has 2 rings (SSSR count). The van der Waals surface area contributed by atoms with Crippen LogP contribution in [0.2, 0.25) is 0 Å². The van der Waals surface area contributed by atoms with Crippen LogP contribution in [0.25, 0.3) is 0 Å². The Labute approximate surface area is 118 Å². The molecule has 1 aromatic carbocycles. The van der Waals surface area contributed by atoms with Crippen LogP contribution in [0.15, 0.2) is 42.7 Å². The van der Waals surface area contributed by atoms with Gasteiger partial charge in [0.15, 0.2) is 0 Å². The van der Waals surface area contributed by atoms with Gasteiger partial charge in [0.2, 0.25) is 5.91 Å². The van der Waals surface area contributed by atoms with Crippen molar-refractivity contribution in [3.05, 3.63) is 53.9 Å². The van der Waals surface area contributed by atoms with Crippen molar-refractivity contribution in [1.29, 1.82) is 0 Å². The second-order valence-electron chi connectivity index (χ2n) is 4.66. The predicted molar refractivity (Wildman–Crippen MR) is 78.9 cm³/mol. The van der Waals surface area contributed by atoms with E-state index in [-0.39, 0.29) is 5.91 Å². The number of ether oxygens (including phenoxy) is 1. The Bertz CT molecular complexity index is 582. The molecule has 20 heavy (non-hydrogen) atoms. The molecule has 0 saturated carbocycles. The summed E-state index contributed by atoms with van der Waals surface area (Å²) in [6.07, 6.45) is 3.59. The van der Waals surface area contributed by atoms with Gasteiger partial charge < -0.3 is 10.1 Å². The van der Waals surface area contributed by atoms with Crippen LogP contribution in [0.3, 0.4) is 0 Å². The molecule has 1 amide bonds. The number of hydrogen-bond donors (Lipinski definition) is 1. The number of amides is 1. The summed E-state index contributed by atoms with van der Waals surface area (Å²) in [6.45, 7) is 4.36. The second-order valence-corrected chi connectivity index (χ2v) is 4.66. The van der Waals surface area contributed by atoms with Gasteiger partial charge in [-0.3, -0.25) is 9.78 Å². The normalized spacial score (nSPS) is 10.1. The Kier molecular flexibility index (Phi) is 4.71. The van der Waals surface area contributed by atoms with Crippen LogP contribution in [0.1, 0.15) is 17.5 Å². The molecule has 4 nitrogen and oxygen atoms in total. The van der Waals surface area contributed by atoms with Crippen LogP contribution in [0, 0.1) is 13.8 Å². The minimum Gasteiger partial charge on any atom is -0.493 e. The molecule has 0 spiro atoms. The molecular formula is C16H18N2O2. The highest BCUT2D eigenvalue weighted by atomic mass is 16.5. The average Bonchev–Trinajstić information content (AvgIpc) is 2.44. The third kappa shape index (κ3) is 4.09. The number of hydrogen-bond acceptors (Lipinski definition) is 3. The van der Waals surface area contributed by atoms with Gasteiger partial charge in [-0.15, -0.1) is 0 Å². The zero-order chi connectivity index (χ0) is 14.4. The number of carbonyl (C=O) groups is 1. The SMILES string of the molecule is Cc1ccc(C)c(OCCC(=O)Nc2cccnc2)c1. The number of carbonyl (C=O) groups excluding carboxylic acids is 1. The van der Waals surface area contributed by atoms with Crippen LogP contribution >= 0.6 is 0 Å². The molecule has 0 fully saturated rings. The van der Waals surface area contributed by atoms with Crippen LogP contribution < -0.4 is 10.1 Å². The smallest absolute Gasteiger partial charge is 0.227 e. The van der Waals surface area contributed by atoms with Gasteiger partial charge >= 0.3 is 0 Å². The Morgan fingerprint density at radius 2 is 2.15 bits per heavy atom. The lowest BCUT2D eigenvalue weighted by Crippen LogP contribution is -2.15. The van der Waals surface area contributed by atoms with E-state index in [2.05, 4.69) is 10.3 Å². The highest BCUT2D eigenvalue weighted by molar-refractivity contribution is 5.90. The standard InChI is InChI=1S/C16H18N2O2/c1-12-5-6-13(2)15(10-12)20-9-7-16(19)18-14-4-3-8-17-11-14/h3-6,8,10-11H,7,9H2,1-2H3,(H,18,19). The van der Waals surface area contributed by atoms with Gasteiger partial charge in [-0.2, -0.15) is 0 Å². The number of rotatable bonds is 5. The summed E-state index contributed by atoms with van der Waals surface area (Å²) >= 11 is 0. The number of aryl methyl sites for hydroxylation is 2. The molecule has 0 unspecified atom stereocenters. The lowest BCUT2D eigenvalue weighted by molar-refractivity contribution is -0.116. The third-order valence-corrected chi connectivity index (χ3v) is 2.88. The molecule has 0 aliphatic heterocycles. The summed E-state index contributed by atoms with van der Waals surface area (Å²) in [5, 5.41) is 2.77. The molecule has 4 heteroatoms. The van der Waals surface area contributed by atoms with Crippen molar-refractivity contribution in [1.82, 2.24) is 4.98 Å². The predicted octanol–water partition coefficient (Wildman–Crippen LogP) is 3.11. The minimum absolute atomic E-state index is 0.0803. The van der Waals surface area contributed by atoms with E-state index < -0.39 is 0 Å². The molecule has 0 radical (unpaired) electrons. The maximum atomic E-state index is 11.7. The molecule has 0 aliphatic carbocycles. The minimum atomic E-state index is -0.0803. The Hall–Kier alpha value is -2.36. The van der Waals surface area contributed by atoms with E-state index in [4.69, 9.17) is 4.74 Å². The molecule has 0 bridgehead atoms. The molecule has 2 aromatic rings. The van der Waals surface area contributed by atoms with E-state index in [9.17, 15) is 4.79 Å². The van der Waals surface area contributed by atoms with E-state index >= 15 is 0 Å². The molecule has 0 saturated heterocycles. The van der Waals surface area contributed by atoms with Gasteiger partial charge in [0.1, 0.15) is 5.75 Å². The Morgan fingerprint density at radius 3 is 2.90 bits per heavy atom. The van der Waals surface area contributed by atoms with Crippen molar-refractivity contribution in [3.8, 4) is 5.75 Å². The van der Waals surface area contributed by atoms with Gasteiger partial charge in [-0.25, -0.2) is 0 Å². The maximum Gasteiger partial charge on any atom is 0.227 e. The van der Waals surface area contributed by atoms with E-state index in [1.54, 1.807) is 24.5 Å². The van der Waals surface area contributed by atoms with E-state index in [1.807, 2.05) is 32.0 Å². The summed E-state index contributed by atoms with van der Waals surface area (Å²) in [4.78, 5) is 15.7. The lowest BCUT2D eigenvalue weighted by Gasteiger charge is -2.10. The van der Waals surface area contributed by atoms with Gasteiger partial charge in [0.25, 0.3) is 0 Å². The zero-order valence-electron chi connectivity index (χ0n) is 11.7. The summed E-state index contributed by atoms with van der Waals surface area (Å²) in [7, 11) is 0.